The van der Waals surface area contributed by atoms with Crippen LogP contribution in [0.25, 0.3) is 76.5 Å². The third-order valence-electron chi connectivity index (χ3n) is 19.7. The molecule has 0 radical (unpaired) electrons. The highest BCUT2D eigenvalue weighted by Gasteiger charge is 2.48. The minimum atomic E-state index is -0.682. The number of hydrogen-bond donors (Lipinski definition) is 0. The van der Waals surface area contributed by atoms with Crippen LogP contribution >= 0.6 is 0 Å². The Bertz CT molecular complexity index is 4540. The monoisotopic (exact) mass is 1100 g/mol. The highest BCUT2D eigenvalue weighted by Crippen LogP contribution is 2.61. The van der Waals surface area contributed by atoms with Gasteiger partial charge in [-0.1, -0.05) is 221 Å². The summed E-state index contributed by atoms with van der Waals surface area (Å²) in [6.45, 7) is 0. The van der Waals surface area contributed by atoms with Gasteiger partial charge in [-0.15, -0.1) is 0 Å². The fourth-order valence-electron chi connectivity index (χ4n) is 15.7. The molecular formula is C81H64N2O2. The van der Waals surface area contributed by atoms with Crippen LogP contribution in [0.1, 0.15) is 109 Å². The van der Waals surface area contributed by atoms with Gasteiger partial charge in [0.15, 0.2) is 11.2 Å². The predicted octanol–water partition coefficient (Wildman–Crippen LogP) is 23.2. The summed E-state index contributed by atoms with van der Waals surface area (Å²) in [5.41, 5.74) is 19.8. The Morgan fingerprint density at radius 3 is 1.13 bits per heavy atom. The molecule has 0 aliphatic heterocycles. The maximum absolute atomic E-state index is 6.84. The first kappa shape index (κ1) is 49.9. The van der Waals surface area contributed by atoms with Gasteiger partial charge in [0.05, 0.1) is 16.8 Å². The fraction of sp³-hybridized carbons (Fsp3) is 0.160. The molecule has 12 aromatic carbocycles. The van der Waals surface area contributed by atoms with Crippen molar-refractivity contribution in [1.29, 1.82) is 0 Å². The van der Waals surface area contributed by atoms with Crippen LogP contribution in [-0.4, -0.2) is 0 Å². The first-order valence-corrected chi connectivity index (χ1v) is 31.0. The quantitative estimate of drug-likeness (QED) is 0.137. The SMILES string of the molecule is c1ccc(C2(c3ccccc3)c3c(ccc4cc(N(c5ccc(C6CCCCC6)cc5)c5cccc6c5oc5ccccc56)ccc34)-c3ccc4cc(N(c5ccc(C6CCCCC6)cc5)c5cccc6c5oc5ccccc56)ccc4c32)cc1. The van der Waals surface area contributed by atoms with Crippen molar-refractivity contribution < 1.29 is 8.83 Å². The summed E-state index contributed by atoms with van der Waals surface area (Å²) < 4.78 is 13.7. The Kier molecular flexibility index (Phi) is 11.9. The van der Waals surface area contributed by atoms with Crippen molar-refractivity contribution in [2.75, 3.05) is 9.80 Å². The van der Waals surface area contributed by atoms with Crippen LogP contribution in [-0.2, 0) is 5.41 Å². The Labute approximate surface area is 496 Å². The number of rotatable bonds is 10. The summed E-state index contributed by atoms with van der Waals surface area (Å²) in [4.78, 5) is 4.85. The van der Waals surface area contributed by atoms with Gasteiger partial charge in [-0.2, -0.15) is 0 Å². The largest absolute Gasteiger partial charge is 0.454 e. The lowest BCUT2D eigenvalue weighted by Gasteiger charge is -2.36. The van der Waals surface area contributed by atoms with Crippen molar-refractivity contribution in [1.82, 2.24) is 0 Å². The van der Waals surface area contributed by atoms with E-state index in [1.165, 1.54) is 130 Å². The van der Waals surface area contributed by atoms with Crippen LogP contribution in [0.2, 0.25) is 0 Å². The van der Waals surface area contributed by atoms with Crippen LogP contribution in [0.5, 0.6) is 0 Å². The second-order valence-electron chi connectivity index (χ2n) is 24.3. The van der Waals surface area contributed by atoms with E-state index in [4.69, 9.17) is 8.83 Å². The lowest BCUT2D eigenvalue weighted by Crippen LogP contribution is -2.29. The maximum atomic E-state index is 6.84. The average molecular weight is 1100 g/mol. The number of anilines is 6. The summed E-state index contributed by atoms with van der Waals surface area (Å²) in [5, 5.41) is 9.29. The fourth-order valence-corrected chi connectivity index (χ4v) is 15.7. The smallest absolute Gasteiger partial charge is 0.159 e. The molecule has 85 heavy (non-hydrogen) atoms. The Balaban J connectivity index is 0.858. The van der Waals surface area contributed by atoms with Crippen LogP contribution in [0.4, 0.5) is 34.1 Å². The number of hydrogen-bond acceptors (Lipinski definition) is 4. The molecule has 0 bridgehead atoms. The Morgan fingerprint density at radius 2 is 0.694 bits per heavy atom. The van der Waals surface area contributed by atoms with E-state index in [0.29, 0.717) is 11.8 Å². The van der Waals surface area contributed by atoms with E-state index in [1.54, 1.807) is 0 Å². The molecule has 4 heteroatoms. The summed E-state index contributed by atoms with van der Waals surface area (Å²) in [6, 6.07) is 95.5. The molecule has 410 valence electrons. The molecule has 4 nitrogen and oxygen atoms in total. The standard InChI is InChI=1S/C81H64N2O2/c1-5-19-53(20-6-1)55-35-41-61(42-36-55)82(73-31-17-29-71-67-27-13-15-33-75(67)84-79(71)73)63-45-49-65-57(51-63)39-47-69-70-48-40-58-52-64(46-50-66(58)78(70)81(77(65)69,59-23-9-3-10-24-59)60-25-11-4-12-26-60)83(62-43-37-56(38-44-62)54-21-7-2-8-22-54)74-32-18-30-72-68-28-14-16-34-76(68)85-80(72)74/h3-4,9-18,23-54H,1-2,5-8,19-22H2. The van der Waals surface area contributed by atoms with Gasteiger partial charge in [-0.05, 0) is 176 Å². The molecule has 2 fully saturated rings. The average Bonchev–Trinajstić information content (AvgIpc) is 2.05. The van der Waals surface area contributed by atoms with Gasteiger partial charge >= 0.3 is 0 Å². The topological polar surface area (TPSA) is 32.8 Å². The number of fused-ring (bicyclic) bond motifs is 13. The van der Waals surface area contributed by atoms with Crippen molar-refractivity contribution in [2.24, 2.45) is 0 Å². The van der Waals surface area contributed by atoms with Gasteiger partial charge in [0, 0.05) is 44.3 Å². The van der Waals surface area contributed by atoms with E-state index in [0.717, 1.165) is 78.0 Å². The lowest BCUT2D eigenvalue weighted by molar-refractivity contribution is 0.443. The van der Waals surface area contributed by atoms with Crippen molar-refractivity contribution in [3.05, 3.63) is 288 Å². The van der Waals surface area contributed by atoms with E-state index in [-0.39, 0.29) is 0 Å². The van der Waals surface area contributed by atoms with Gasteiger partial charge in [-0.25, -0.2) is 0 Å². The van der Waals surface area contributed by atoms with Gasteiger partial charge in [0.1, 0.15) is 11.2 Å². The van der Waals surface area contributed by atoms with Crippen molar-refractivity contribution in [2.45, 2.75) is 81.5 Å². The minimum absolute atomic E-state index is 0.614. The second kappa shape index (κ2) is 20.3. The molecular weight excluding hydrogens is 1030 g/mol. The summed E-state index contributed by atoms with van der Waals surface area (Å²) in [5.74, 6) is 1.23. The minimum Gasteiger partial charge on any atom is -0.454 e. The van der Waals surface area contributed by atoms with Crippen LogP contribution < -0.4 is 9.80 Å². The third-order valence-corrected chi connectivity index (χ3v) is 19.7. The van der Waals surface area contributed by atoms with Gasteiger partial charge < -0.3 is 18.6 Å². The van der Waals surface area contributed by atoms with Crippen molar-refractivity contribution in [3.63, 3.8) is 0 Å². The Hall–Kier alpha value is -9.64. The molecule has 0 N–H and O–H groups in total. The number of furan rings is 2. The Morgan fingerprint density at radius 1 is 0.306 bits per heavy atom. The molecule has 0 unspecified atom stereocenters. The number of benzene rings is 12. The van der Waals surface area contributed by atoms with E-state index >= 15 is 0 Å². The highest BCUT2D eigenvalue weighted by atomic mass is 16.3. The van der Waals surface area contributed by atoms with E-state index in [1.807, 2.05) is 0 Å². The first-order valence-electron chi connectivity index (χ1n) is 31.0. The third kappa shape index (κ3) is 8.02. The summed E-state index contributed by atoms with van der Waals surface area (Å²) in [6.07, 6.45) is 13.0. The zero-order valence-corrected chi connectivity index (χ0v) is 47.7. The summed E-state index contributed by atoms with van der Waals surface area (Å²) >= 11 is 0. The lowest BCUT2D eigenvalue weighted by atomic mass is 9.66. The summed E-state index contributed by atoms with van der Waals surface area (Å²) in [7, 11) is 0. The second-order valence-corrected chi connectivity index (χ2v) is 24.3. The zero-order valence-electron chi connectivity index (χ0n) is 47.7. The first-order chi connectivity index (χ1) is 42.2. The van der Waals surface area contributed by atoms with Crippen LogP contribution in [0.3, 0.4) is 0 Å². The van der Waals surface area contributed by atoms with Gasteiger partial charge in [0.2, 0.25) is 0 Å². The van der Waals surface area contributed by atoms with E-state index < -0.39 is 5.41 Å². The van der Waals surface area contributed by atoms with Crippen molar-refractivity contribution in [3.8, 4) is 11.1 Å². The molecule has 3 aliphatic rings. The van der Waals surface area contributed by atoms with E-state index in [9.17, 15) is 0 Å². The maximum Gasteiger partial charge on any atom is 0.159 e. The normalized spacial score (nSPS) is 15.3. The van der Waals surface area contributed by atoms with Crippen LogP contribution in [0, 0.1) is 0 Å². The molecule has 2 heterocycles. The molecule has 0 saturated heterocycles. The molecule has 17 rings (SSSR count). The molecule has 2 saturated carbocycles. The highest BCUT2D eigenvalue weighted by molar-refractivity contribution is 6.13. The molecule has 14 aromatic rings. The van der Waals surface area contributed by atoms with Crippen molar-refractivity contribution >= 4 is 99.5 Å². The molecule has 0 amide bonds. The number of para-hydroxylation sites is 4. The molecule has 2 aromatic heterocycles. The van der Waals surface area contributed by atoms with Crippen LogP contribution in [0.15, 0.2) is 264 Å². The molecule has 3 aliphatic carbocycles. The zero-order chi connectivity index (χ0) is 56.0. The predicted molar refractivity (Wildman–Crippen MR) is 354 cm³/mol. The van der Waals surface area contributed by atoms with E-state index in [2.05, 4.69) is 265 Å². The van der Waals surface area contributed by atoms with Gasteiger partial charge in [-0.3, -0.25) is 0 Å². The van der Waals surface area contributed by atoms with Gasteiger partial charge in [0.25, 0.3) is 0 Å². The molecule has 0 spiro atoms. The molecule has 0 atom stereocenters. The number of nitrogens with zero attached hydrogens (tertiary/aromatic N) is 2.